The highest BCUT2D eigenvalue weighted by Crippen LogP contribution is 2.35. The van der Waals surface area contributed by atoms with E-state index in [1.54, 1.807) is 19.1 Å². The van der Waals surface area contributed by atoms with Gasteiger partial charge in [-0.3, -0.25) is 9.80 Å². The molecule has 1 amide bonds. The first-order valence-electron chi connectivity index (χ1n) is 10.2. The van der Waals surface area contributed by atoms with Gasteiger partial charge in [0.15, 0.2) is 6.10 Å². The molecule has 0 bridgehead atoms. The first-order chi connectivity index (χ1) is 15.1. The second-order valence-electron chi connectivity index (χ2n) is 7.26. The minimum atomic E-state index is -0.948. The molecule has 1 heterocycles. The molecule has 6 heteroatoms. The Kier molecular flexibility index (Phi) is 6.08. The van der Waals surface area contributed by atoms with Crippen molar-refractivity contribution in [2.75, 3.05) is 10.3 Å². The van der Waals surface area contributed by atoms with E-state index in [4.69, 9.17) is 4.74 Å². The Morgan fingerprint density at radius 3 is 2.16 bits per heavy atom. The number of hydrazone groups is 1. The summed E-state index contributed by atoms with van der Waals surface area (Å²) in [6, 6.07) is 28.5. The van der Waals surface area contributed by atoms with E-state index in [1.807, 2.05) is 83.9 Å². The minimum absolute atomic E-state index is 0.125. The van der Waals surface area contributed by atoms with Crippen LogP contribution in [0.1, 0.15) is 24.9 Å². The van der Waals surface area contributed by atoms with Crippen molar-refractivity contribution in [1.29, 1.82) is 0 Å². The van der Waals surface area contributed by atoms with Crippen LogP contribution in [0.5, 0.6) is 0 Å². The van der Waals surface area contributed by atoms with Crippen molar-refractivity contribution in [3.63, 3.8) is 0 Å². The number of para-hydroxylation sites is 2. The molecular weight excluding hydrogens is 390 g/mol. The molecule has 0 spiro atoms. The molecular formula is C25H23N3O3. The first kappa shape index (κ1) is 20.3. The zero-order valence-corrected chi connectivity index (χ0v) is 17.1. The van der Waals surface area contributed by atoms with Gasteiger partial charge in [-0.1, -0.05) is 66.7 Å². The van der Waals surface area contributed by atoms with Crippen LogP contribution in [0.3, 0.4) is 0 Å². The number of nitrogens with one attached hydrogen (secondary N) is 1. The number of ether oxygens (including phenoxy) is 1. The molecule has 156 valence electrons. The second kappa shape index (κ2) is 9.26. The Labute approximate surface area is 181 Å². The topological polar surface area (TPSA) is 71.0 Å². The highest BCUT2D eigenvalue weighted by atomic mass is 16.5. The molecule has 0 fully saturated rings. The van der Waals surface area contributed by atoms with Gasteiger partial charge in [0.1, 0.15) is 5.71 Å². The van der Waals surface area contributed by atoms with Crippen LogP contribution in [-0.4, -0.2) is 23.7 Å². The number of hydrogen-bond donors (Lipinski definition) is 1. The SMILES string of the molecule is CC(OC(=O)C1=NN(c2ccccc2)C(c2ccccc2)C1)C(=O)Nc1ccccc1. The smallest absolute Gasteiger partial charge is 0.355 e. The lowest BCUT2D eigenvalue weighted by Gasteiger charge is -2.23. The molecule has 2 atom stereocenters. The molecule has 3 aromatic carbocycles. The van der Waals surface area contributed by atoms with Crippen molar-refractivity contribution in [2.45, 2.75) is 25.5 Å². The highest BCUT2D eigenvalue weighted by Gasteiger charge is 2.34. The van der Waals surface area contributed by atoms with Gasteiger partial charge in [0.2, 0.25) is 0 Å². The number of anilines is 2. The minimum Gasteiger partial charge on any atom is -0.448 e. The summed E-state index contributed by atoms with van der Waals surface area (Å²) in [4.78, 5) is 25.2. The maximum Gasteiger partial charge on any atom is 0.355 e. The van der Waals surface area contributed by atoms with Crippen molar-refractivity contribution in [1.82, 2.24) is 0 Å². The Morgan fingerprint density at radius 1 is 0.935 bits per heavy atom. The number of hydrogen-bond acceptors (Lipinski definition) is 5. The van der Waals surface area contributed by atoms with Crippen LogP contribution in [0.15, 0.2) is 96.1 Å². The zero-order chi connectivity index (χ0) is 21.6. The summed E-state index contributed by atoms with van der Waals surface area (Å²) in [5.41, 5.74) is 2.87. The Morgan fingerprint density at radius 2 is 1.52 bits per heavy atom. The summed E-state index contributed by atoms with van der Waals surface area (Å²) < 4.78 is 5.43. The molecule has 0 radical (unpaired) electrons. The molecule has 1 aliphatic heterocycles. The van der Waals surface area contributed by atoms with E-state index in [2.05, 4.69) is 10.4 Å². The van der Waals surface area contributed by atoms with Crippen molar-refractivity contribution >= 4 is 29.0 Å². The molecule has 0 aliphatic carbocycles. The number of carbonyl (C=O) groups is 2. The molecule has 0 saturated heterocycles. The Bertz CT molecular complexity index is 1070. The third kappa shape index (κ3) is 4.80. The Balaban J connectivity index is 1.49. The maximum absolute atomic E-state index is 12.8. The molecule has 4 rings (SSSR count). The molecule has 1 aliphatic rings. The van der Waals surface area contributed by atoms with E-state index in [0.29, 0.717) is 12.1 Å². The summed E-state index contributed by atoms with van der Waals surface area (Å²) in [5, 5.41) is 9.13. The molecule has 0 saturated carbocycles. The van der Waals surface area contributed by atoms with E-state index >= 15 is 0 Å². The fourth-order valence-corrected chi connectivity index (χ4v) is 3.43. The lowest BCUT2D eigenvalue weighted by Crippen LogP contribution is -2.32. The quantitative estimate of drug-likeness (QED) is 0.601. The van der Waals surface area contributed by atoms with Gasteiger partial charge in [0.25, 0.3) is 5.91 Å². The average molecular weight is 413 g/mol. The second-order valence-corrected chi connectivity index (χ2v) is 7.26. The standard InChI is InChI=1S/C25H23N3O3/c1-18(24(29)26-20-13-7-3-8-14-20)31-25(30)22-17-23(19-11-5-2-6-12-19)28(27-22)21-15-9-4-10-16-21/h2-16,18,23H,17H2,1H3,(H,26,29). The van der Waals surface area contributed by atoms with Gasteiger partial charge in [0, 0.05) is 12.1 Å². The van der Waals surface area contributed by atoms with Gasteiger partial charge in [-0.15, -0.1) is 0 Å². The van der Waals surface area contributed by atoms with Gasteiger partial charge in [0.05, 0.1) is 11.7 Å². The van der Waals surface area contributed by atoms with Crippen LogP contribution >= 0.6 is 0 Å². The summed E-state index contributed by atoms with van der Waals surface area (Å²) in [6.07, 6.45) is -0.554. The summed E-state index contributed by atoms with van der Waals surface area (Å²) in [7, 11) is 0. The number of benzene rings is 3. The van der Waals surface area contributed by atoms with Crippen molar-refractivity contribution < 1.29 is 14.3 Å². The van der Waals surface area contributed by atoms with Gasteiger partial charge < -0.3 is 10.1 Å². The van der Waals surface area contributed by atoms with Crippen LogP contribution in [0.2, 0.25) is 0 Å². The van der Waals surface area contributed by atoms with E-state index in [1.165, 1.54) is 0 Å². The van der Waals surface area contributed by atoms with Crippen molar-refractivity contribution in [3.05, 3.63) is 96.6 Å². The number of amides is 1. The lowest BCUT2D eigenvalue weighted by atomic mass is 10.0. The van der Waals surface area contributed by atoms with Crippen LogP contribution < -0.4 is 10.3 Å². The van der Waals surface area contributed by atoms with Gasteiger partial charge in [-0.25, -0.2) is 4.79 Å². The maximum atomic E-state index is 12.8. The summed E-state index contributed by atoms with van der Waals surface area (Å²) >= 11 is 0. The molecule has 6 nitrogen and oxygen atoms in total. The molecule has 3 aromatic rings. The summed E-state index contributed by atoms with van der Waals surface area (Å²) in [5.74, 6) is -0.979. The van der Waals surface area contributed by atoms with E-state index in [-0.39, 0.29) is 11.8 Å². The predicted molar refractivity (Wildman–Crippen MR) is 121 cm³/mol. The number of esters is 1. The largest absolute Gasteiger partial charge is 0.448 e. The first-order valence-corrected chi connectivity index (χ1v) is 10.2. The lowest BCUT2D eigenvalue weighted by molar-refractivity contribution is -0.146. The van der Waals surface area contributed by atoms with Crippen molar-refractivity contribution in [2.24, 2.45) is 5.10 Å². The Hall–Kier alpha value is -3.93. The van der Waals surface area contributed by atoms with Gasteiger partial charge >= 0.3 is 5.97 Å². The molecule has 0 aromatic heterocycles. The fourth-order valence-electron chi connectivity index (χ4n) is 3.43. The molecule has 31 heavy (non-hydrogen) atoms. The van der Waals surface area contributed by atoms with Gasteiger partial charge in [-0.05, 0) is 36.8 Å². The third-order valence-corrected chi connectivity index (χ3v) is 5.05. The van der Waals surface area contributed by atoms with E-state index < -0.39 is 18.0 Å². The average Bonchev–Trinajstić information content (AvgIpc) is 3.27. The number of nitrogens with zero attached hydrogens (tertiary/aromatic N) is 2. The molecule has 2 unspecified atom stereocenters. The third-order valence-electron chi connectivity index (χ3n) is 5.05. The monoisotopic (exact) mass is 413 g/mol. The number of rotatable bonds is 6. The van der Waals surface area contributed by atoms with Gasteiger partial charge in [-0.2, -0.15) is 5.10 Å². The number of carbonyl (C=O) groups excluding carboxylic acids is 2. The van der Waals surface area contributed by atoms with E-state index in [9.17, 15) is 9.59 Å². The van der Waals surface area contributed by atoms with E-state index in [0.717, 1.165) is 11.3 Å². The van der Waals surface area contributed by atoms with Crippen LogP contribution in [0, 0.1) is 0 Å². The fraction of sp³-hybridized carbons (Fsp3) is 0.160. The van der Waals surface area contributed by atoms with Crippen LogP contribution in [0.4, 0.5) is 11.4 Å². The van der Waals surface area contributed by atoms with Crippen LogP contribution in [0.25, 0.3) is 0 Å². The summed E-state index contributed by atoms with van der Waals surface area (Å²) in [6.45, 7) is 1.55. The normalized spacial score (nSPS) is 16.4. The predicted octanol–water partition coefficient (Wildman–Crippen LogP) is 4.56. The van der Waals surface area contributed by atoms with Crippen LogP contribution in [-0.2, 0) is 14.3 Å². The van der Waals surface area contributed by atoms with Crippen molar-refractivity contribution in [3.8, 4) is 0 Å². The molecule has 1 N–H and O–H groups in total. The highest BCUT2D eigenvalue weighted by molar-refractivity contribution is 6.37. The zero-order valence-electron chi connectivity index (χ0n) is 17.1.